The van der Waals surface area contributed by atoms with Crippen LogP contribution in [0.4, 0.5) is 0 Å². The van der Waals surface area contributed by atoms with E-state index in [9.17, 15) is 4.79 Å². The second-order valence-electron chi connectivity index (χ2n) is 4.91. The van der Waals surface area contributed by atoms with Gasteiger partial charge in [-0.1, -0.05) is 6.92 Å². The van der Waals surface area contributed by atoms with Crippen molar-refractivity contribution in [3.05, 3.63) is 0 Å². The summed E-state index contributed by atoms with van der Waals surface area (Å²) < 4.78 is -0.641. The van der Waals surface area contributed by atoms with Gasteiger partial charge >= 0.3 is 0 Å². The van der Waals surface area contributed by atoms with E-state index in [1.54, 1.807) is 0 Å². The van der Waals surface area contributed by atoms with Crippen LogP contribution >= 0.6 is 23.2 Å². The molecule has 1 aliphatic rings. The third-order valence-corrected chi connectivity index (χ3v) is 4.19. The van der Waals surface area contributed by atoms with E-state index in [0.29, 0.717) is 6.54 Å². The summed E-state index contributed by atoms with van der Waals surface area (Å²) in [4.78, 5) is 12.9. The van der Waals surface area contributed by atoms with Crippen LogP contribution < -0.4 is 5.73 Å². The molecule has 0 aromatic rings. The first-order valence-electron chi connectivity index (χ1n) is 5.08. The second-order valence-corrected chi connectivity index (χ2v) is 6.39. The molecule has 88 valence electrons. The molecule has 0 aromatic carbocycles. The Hall–Kier alpha value is 0.01000. The lowest BCUT2D eigenvalue weighted by molar-refractivity contribution is -0.119. The fourth-order valence-corrected chi connectivity index (χ4v) is 2.40. The number of rotatable bonds is 5. The Bertz CT molecular complexity index is 268. The SMILES string of the molecule is CC(C)N(CC(N)=O)C[C@@]1(C)CC1(Cl)Cl. The van der Waals surface area contributed by atoms with Crippen LogP contribution in [0.2, 0.25) is 0 Å². The Kier molecular flexibility index (Phi) is 3.59. The molecule has 0 radical (unpaired) electrons. The lowest BCUT2D eigenvalue weighted by Crippen LogP contribution is -2.42. The molecule has 0 aromatic heterocycles. The number of alkyl halides is 2. The summed E-state index contributed by atoms with van der Waals surface area (Å²) in [5, 5.41) is 0. The molecule has 1 atom stereocenters. The van der Waals surface area contributed by atoms with E-state index in [-0.39, 0.29) is 23.9 Å². The topological polar surface area (TPSA) is 46.3 Å². The number of amides is 1. The minimum atomic E-state index is -0.641. The van der Waals surface area contributed by atoms with Gasteiger partial charge in [-0.05, 0) is 20.3 Å². The molecule has 1 aliphatic carbocycles. The van der Waals surface area contributed by atoms with Crippen LogP contribution in [0.5, 0.6) is 0 Å². The molecule has 3 nitrogen and oxygen atoms in total. The Morgan fingerprint density at radius 2 is 2.00 bits per heavy atom. The lowest BCUT2D eigenvalue weighted by Gasteiger charge is -2.28. The zero-order valence-electron chi connectivity index (χ0n) is 9.39. The number of primary amides is 1. The second kappa shape index (κ2) is 4.11. The van der Waals surface area contributed by atoms with Crippen molar-refractivity contribution in [1.29, 1.82) is 0 Å². The molecule has 0 aliphatic heterocycles. The van der Waals surface area contributed by atoms with Crippen LogP contribution in [-0.2, 0) is 4.79 Å². The predicted octanol–water partition coefficient (Wildman–Crippen LogP) is 1.77. The average Bonchev–Trinajstić information content (AvgIpc) is 2.47. The maximum Gasteiger partial charge on any atom is 0.231 e. The van der Waals surface area contributed by atoms with Gasteiger partial charge < -0.3 is 5.73 Å². The highest BCUT2D eigenvalue weighted by Crippen LogP contribution is 2.63. The zero-order valence-corrected chi connectivity index (χ0v) is 10.9. The number of nitrogens with two attached hydrogens (primary N) is 1. The number of carbonyl (C=O) groups is 1. The van der Waals surface area contributed by atoms with Crippen LogP contribution in [-0.4, -0.2) is 34.3 Å². The van der Waals surface area contributed by atoms with Gasteiger partial charge in [0.25, 0.3) is 0 Å². The van der Waals surface area contributed by atoms with Gasteiger partial charge in [-0.25, -0.2) is 0 Å². The monoisotopic (exact) mass is 252 g/mol. The first-order valence-corrected chi connectivity index (χ1v) is 5.84. The van der Waals surface area contributed by atoms with Crippen molar-refractivity contribution in [2.75, 3.05) is 13.1 Å². The normalized spacial score (nSPS) is 28.5. The minimum absolute atomic E-state index is 0.115. The van der Waals surface area contributed by atoms with E-state index in [2.05, 4.69) is 0 Å². The van der Waals surface area contributed by atoms with E-state index in [1.807, 2.05) is 25.7 Å². The summed E-state index contributed by atoms with van der Waals surface area (Å²) in [5.74, 6) is -0.317. The highest BCUT2D eigenvalue weighted by Gasteiger charge is 2.63. The third-order valence-electron chi connectivity index (χ3n) is 3.01. The molecule has 0 spiro atoms. The van der Waals surface area contributed by atoms with Gasteiger partial charge in [0.1, 0.15) is 4.33 Å². The fourth-order valence-electron chi connectivity index (χ4n) is 1.69. The van der Waals surface area contributed by atoms with Crippen molar-refractivity contribution >= 4 is 29.1 Å². The number of hydrogen-bond acceptors (Lipinski definition) is 2. The average molecular weight is 253 g/mol. The fraction of sp³-hybridized carbons (Fsp3) is 0.900. The van der Waals surface area contributed by atoms with Gasteiger partial charge in [-0.3, -0.25) is 9.69 Å². The number of hydrogen-bond donors (Lipinski definition) is 1. The van der Waals surface area contributed by atoms with Crippen LogP contribution in [0.3, 0.4) is 0 Å². The van der Waals surface area contributed by atoms with E-state index in [4.69, 9.17) is 28.9 Å². The molecular weight excluding hydrogens is 235 g/mol. The summed E-state index contributed by atoms with van der Waals surface area (Å²) >= 11 is 12.1. The summed E-state index contributed by atoms with van der Waals surface area (Å²) in [6, 6.07) is 0.263. The molecule has 1 saturated carbocycles. The molecule has 1 rings (SSSR count). The van der Waals surface area contributed by atoms with E-state index in [0.717, 1.165) is 6.42 Å². The first kappa shape index (κ1) is 13.1. The van der Waals surface area contributed by atoms with Crippen molar-refractivity contribution in [2.24, 2.45) is 11.1 Å². The minimum Gasteiger partial charge on any atom is -0.369 e. The van der Waals surface area contributed by atoms with E-state index < -0.39 is 4.33 Å². The van der Waals surface area contributed by atoms with Gasteiger partial charge in [0, 0.05) is 18.0 Å². The van der Waals surface area contributed by atoms with Gasteiger partial charge in [0.2, 0.25) is 5.91 Å². The van der Waals surface area contributed by atoms with Crippen molar-refractivity contribution < 1.29 is 4.79 Å². The third kappa shape index (κ3) is 2.99. The summed E-state index contributed by atoms with van der Waals surface area (Å²) in [6.07, 6.45) is 0.769. The molecular formula is C10H18Cl2N2O. The quantitative estimate of drug-likeness (QED) is 0.759. The Labute approximate surface area is 101 Å². The molecule has 0 unspecified atom stereocenters. The molecule has 1 fully saturated rings. The summed E-state index contributed by atoms with van der Waals surface area (Å²) in [7, 11) is 0. The standard InChI is InChI=1S/C10H18Cl2N2O/c1-7(2)14(4-8(13)15)6-9(3)5-10(9,11)12/h7H,4-6H2,1-3H3,(H2,13,15)/t9-/m1/s1. The molecule has 2 N–H and O–H groups in total. The van der Waals surface area contributed by atoms with Gasteiger partial charge in [-0.2, -0.15) is 0 Å². The Balaban J connectivity index is 2.57. The largest absolute Gasteiger partial charge is 0.369 e. The van der Waals surface area contributed by atoms with Crippen molar-refractivity contribution in [3.8, 4) is 0 Å². The zero-order chi connectivity index (χ0) is 11.9. The van der Waals surface area contributed by atoms with Crippen molar-refractivity contribution in [2.45, 2.75) is 37.6 Å². The summed E-state index contributed by atoms with van der Waals surface area (Å²) in [5.41, 5.74) is 5.08. The van der Waals surface area contributed by atoms with Crippen LogP contribution in [0.25, 0.3) is 0 Å². The Morgan fingerprint density at radius 1 is 1.53 bits per heavy atom. The molecule has 0 saturated heterocycles. The van der Waals surface area contributed by atoms with Gasteiger partial charge in [0.05, 0.1) is 6.54 Å². The predicted molar refractivity (Wildman–Crippen MR) is 63.1 cm³/mol. The molecule has 5 heteroatoms. The molecule has 15 heavy (non-hydrogen) atoms. The lowest BCUT2D eigenvalue weighted by atomic mass is 10.1. The highest BCUT2D eigenvalue weighted by molar-refractivity contribution is 6.51. The molecule has 0 heterocycles. The smallest absolute Gasteiger partial charge is 0.231 e. The highest BCUT2D eigenvalue weighted by atomic mass is 35.5. The van der Waals surface area contributed by atoms with Crippen molar-refractivity contribution in [3.63, 3.8) is 0 Å². The van der Waals surface area contributed by atoms with Crippen molar-refractivity contribution in [1.82, 2.24) is 4.90 Å². The first-order chi connectivity index (χ1) is 6.68. The van der Waals surface area contributed by atoms with Gasteiger partial charge in [0.15, 0.2) is 0 Å². The molecule has 0 bridgehead atoms. The van der Waals surface area contributed by atoms with Crippen LogP contribution in [0, 0.1) is 5.41 Å². The summed E-state index contributed by atoms with van der Waals surface area (Å²) in [6.45, 7) is 7.05. The van der Waals surface area contributed by atoms with E-state index >= 15 is 0 Å². The maximum absolute atomic E-state index is 10.9. The number of halogens is 2. The maximum atomic E-state index is 10.9. The molecule has 1 amide bonds. The van der Waals surface area contributed by atoms with Crippen LogP contribution in [0.15, 0.2) is 0 Å². The Morgan fingerprint density at radius 3 is 2.27 bits per heavy atom. The van der Waals surface area contributed by atoms with Gasteiger partial charge in [-0.15, -0.1) is 23.2 Å². The van der Waals surface area contributed by atoms with Crippen LogP contribution in [0.1, 0.15) is 27.2 Å². The number of carbonyl (C=O) groups excluding carboxylic acids is 1. The number of nitrogens with zero attached hydrogens (tertiary/aromatic N) is 1. The van der Waals surface area contributed by atoms with E-state index in [1.165, 1.54) is 0 Å².